The van der Waals surface area contributed by atoms with Crippen LogP contribution < -0.4 is 4.90 Å². The van der Waals surface area contributed by atoms with E-state index >= 15 is 0 Å². The van der Waals surface area contributed by atoms with Gasteiger partial charge in [-0.1, -0.05) is 78.9 Å². The fraction of sp³-hybridized carbons (Fsp3) is 0. The van der Waals surface area contributed by atoms with Crippen LogP contribution in [0.1, 0.15) is 0 Å². The third-order valence-electron chi connectivity index (χ3n) is 8.98. The second-order valence-corrected chi connectivity index (χ2v) is 11.3. The smallest absolute Gasteiger partial charge is 0.136 e. The average Bonchev–Trinajstić information content (AvgIpc) is 3.60. The van der Waals surface area contributed by atoms with E-state index in [1.165, 1.54) is 49.0 Å². The summed E-state index contributed by atoms with van der Waals surface area (Å²) in [6.45, 7) is 0. The van der Waals surface area contributed by atoms with Crippen LogP contribution in [0.5, 0.6) is 0 Å². The van der Waals surface area contributed by atoms with Gasteiger partial charge in [0.05, 0.1) is 0 Å². The van der Waals surface area contributed by atoms with E-state index in [1.54, 1.807) is 0 Å². The molecule has 0 atom stereocenters. The molecular weight excluding hydrogens is 526 g/mol. The van der Waals surface area contributed by atoms with Crippen molar-refractivity contribution in [2.24, 2.45) is 0 Å². The van der Waals surface area contributed by atoms with Crippen LogP contribution in [0.25, 0.3) is 76.9 Å². The van der Waals surface area contributed by atoms with Gasteiger partial charge in [0.25, 0.3) is 0 Å². The van der Waals surface area contributed by atoms with Gasteiger partial charge in [-0.15, -0.1) is 0 Å². The molecule has 1 aliphatic rings. The van der Waals surface area contributed by atoms with Gasteiger partial charge in [-0.25, -0.2) is 0 Å². The van der Waals surface area contributed by atoms with Gasteiger partial charge in [0.1, 0.15) is 22.3 Å². The Morgan fingerprint density at radius 2 is 0.907 bits per heavy atom. The number of hydrogen-bond donors (Lipinski definition) is 0. The third-order valence-corrected chi connectivity index (χ3v) is 8.98. The molecular formula is C40H23NO2. The zero-order valence-corrected chi connectivity index (χ0v) is 23.0. The molecule has 2 aromatic heterocycles. The molecule has 0 radical (unpaired) electrons. The molecule has 0 saturated carbocycles. The molecule has 0 N–H and O–H groups in total. The van der Waals surface area contributed by atoms with E-state index in [4.69, 9.17) is 8.83 Å². The summed E-state index contributed by atoms with van der Waals surface area (Å²) < 4.78 is 12.9. The SMILES string of the molecule is c1ccc(N(c2ccccc2)c2ccc(-c3ccc4oc5ccc6ccc7oc8cccc9c8c7c6c5c4c3-9)cc2)cc1. The molecule has 3 heteroatoms. The highest BCUT2D eigenvalue weighted by atomic mass is 16.3. The molecule has 2 heterocycles. The predicted octanol–water partition coefficient (Wildman–Crippen LogP) is 11.8. The summed E-state index contributed by atoms with van der Waals surface area (Å²) >= 11 is 0. The zero-order chi connectivity index (χ0) is 28.1. The van der Waals surface area contributed by atoms with Crippen LogP contribution in [0, 0.1) is 0 Å². The van der Waals surface area contributed by atoms with Crippen LogP contribution in [0.15, 0.2) is 148 Å². The van der Waals surface area contributed by atoms with Crippen molar-refractivity contribution in [1.82, 2.24) is 0 Å². The molecule has 0 saturated heterocycles. The van der Waals surface area contributed by atoms with E-state index in [9.17, 15) is 0 Å². The Hall–Kier alpha value is -5.80. The predicted molar refractivity (Wildman–Crippen MR) is 178 cm³/mol. The Morgan fingerprint density at radius 3 is 1.58 bits per heavy atom. The van der Waals surface area contributed by atoms with E-state index < -0.39 is 0 Å². The van der Waals surface area contributed by atoms with Crippen LogP contribution in [0.2, 0.25) is 0 Å². The summed E-state index contributed by atoms with van der Waals surface area (Å²) in [7, 11) is 0. The second-order valence-electron chi connectivity index (χ2n) is 11.3. The number of hydrogen-bond acceptors (Lipinski definition) is 3. The van der Waals surface area contributed by atoms with Crippen molar-refractivity contribution in [3.63, 3.8) is 0 Å². The van der Waals surface area contributed by atoms with Crippen molar-refractivity contribution in [2.75, 3.05) is 4.90 Å². The third kappa shape index (κ3) is 3.08. The van der Waals surface area contributed by atoms with E-state index in [0.717, 1.165) is 45.0 Å². The van der Waals surface area contributed by atoms with Gasteiger partial charge in [-0.3, -0.25) is 0 Å². The molecule has 1 aliphatic carbocycles. The number of nitrogens with zero attached hydrogens (tertiary/aromatic N) is 1. The van der Waals surface area contributed by atoms with Gasteiger partial charge in [-0.2, -0.15) is 0 Å². The zero-order valence-electron chi connectivity index (χ0n) is 23.0. The number of rotatable bonds is 4. The molecule has 200 valence electrons. The standard InChI is InChI=1S/C40H23NO2/c1-3-8-26(9-4-1)41(27-10-5-2-6-11-27)28-18-14-24(15-19-28)29-20-23-34-40-36(29)30-12-7-13-31-37(30)38-32(42-31)21-16-25-17-22-33(43-34)39(40)35(25)38/h1-23H. The number of para-hydroxylation sites is 2. The minimum atomic E-state index is 0.910. The maximum Gasteiger partial charge on any atom is 0.136 e. The molecule has 0 aliphatic heterocycles. The summed E-state index contributed by atoms with van der Waals surface area (Å²) in [5, 5.41) is 7.11. The first-order valence-corrected chi connectivity index (χ1v) is 14.6. The number of fused-ring (bicyclic) bond motifs is 1. The number of furan rings is 2. The van der Waals surface area contributed by atoms with Crippen LogP contribution in [0.3, 0.4) is 0 Å². The van der Waals surface area contributed by atoms with Crippen molar-refractivity contribution < 1.29 is 8.83 Å². The van der Waals surface area contributed by atoms with Crippen LogP contribution in [-0.2, 0) is 0 Å². The average molecular weight is 550 g/mol. The molecule has 10 rings (SSSR count). The van der Waals surface area contributed by atoms with Gasteiger partial charge < -0.3 is 13.7 Å². The Bertz CT molecular complexity index is 2490. The lowest BCUT2D eigenvalue weighted by Gasteiger charge is -2.25. The summed E-state index contributed by atoms with van der Waals surface area (Å²) in [5.41, 5.74) is 11.7. The minimum absolute atomic E-state index is 0.910. The summed E-state index contributed by atoms with van der Waals surface area (Å²) in [6.07, 6.45) is 0. The first-order chi connectivity index (χ1) is 21.3. The van der Waals surface area contributed by atoms with Gasteiger partial charge in [-0.05, 0) is 82.7 Å². The van der Waals surface area contributed by atoms with E-state index in [-0.39, 0.29) is 0 Å². The Morgan fingerprint density at radius 1 is 0.349 bits per heavy atom. The van der Waals surface area contributed by atoms with Crippen molar-refractivity contribution in [3.05, 3.63) is 140 Å². The van der Waals surface area contributed by atoms with Crippen molar-refractivity contribution in [1.29, 1.82) is 0 Å². The van der Waals surface area contributed by atoms with Gasteiger partial charge in [0.2, 0.25) is 0 Å². The molecule has 43 heavy (non-hydrogen) atoms. The monoisotopic (exact) mass is 549 g/mol. The fourth-order valence-electron chi connectivity index (χ4n) is 7.19. The molecule has 0 fully saturated rings. The topological polar surface area (TPSA) is 29.5 Å². The van der Waals surface area contributed by atoms with Crippen molar-refractivity contribution in [3.8, 4) is 22.3 Å². The van der Waals surface area contributed by atoms with Crippen LogP contribution >= 0.6 is 0 Å². The normalized spacial score (nSPS) is 12.2. The quantitative estimate of drug-likeness (QED) is 0.219. The number of benzene rings is 7. The fourth-order valence-corrected chi connectivity index (χ4v) is 7.19. The van der Waals surface area contributed by atoms with E-state index in [0.29, 0.717) is 0 Å². The first-order valence-electron chi connectivity index (χ1n) is 14.6. The van der Waals surface area contributed by atoms with E-state index in [1.807, 2.05) is 0 Å². The first kappa shape index (κ1) is 22.8. The highest BCUT2D eigenvalue weighted by molar-refractivity contribution is 6.37. The molecule has 7 aromatic carbocycles. The summed E-state index contributed by atoms with van der Waals surface area (Å²) in [6, 6.07) is 49.3. The molecule has 0 bridgehead atoms. The number of anilines is 3. The van der Waals surface area contributed by atoms with E-state index in [2.05, 4.69) is 144 Å². The van der Waals surface area contributed by atoms with Crippen molar-refractivity contribution in [2.45, 2.75) is 0 Å². The summed E-state index contributed by atoms with van der Waals surface area (Å²) in [5.74, 6) is 0. The highest BCUT2D eigenvalue weighted by Gasteiger charge is 2.27. The largest absolute Gasteiger partial charge is 0.456 e. The van der Waals surface area contributed by atoms with Gasteiger partial charge in [0.15, 0.2) is 0 Å². The lowest BCUT2D eigenvalue weighted by Crippen LogP contribution is -2.09. The lowest BCUT2D eigenvalue weighted by atomic mass is 9.90. The maximum absolute atomic E-state index is 6.49. The molecule has 3 nitrogen and oxygen atoms in total. The van der Waals surface area contributed by atoms with Gasteiger partial charge >= 0.3 is 0 Å². The molecule has 0 unspecified atom stereocenters. The van der Waals surface area contributed by atoms with Gasteiger partial charge in [0, 0.05) is 49.6 Å². The Labute approximate surface area is 246 Å². The lowest BCUT2D eigenvalue weighted by molar-refractivity contribution is 0.669. The van der Waals surface area contributed by atoms with Crippen LogP contribution in [-0.4, -0.2) is 0 Å². The minimum Gasteiger partial charge on any atom is -0.456 e. The van der Waals surface area contributed by atoms with Crippen molar-refractivity contribution >= 4 is 71.7 Å². The molecule has 9 aromatic rings. The summed E-state index contributed by atoms with van der Waals surface area (Å²) in [4.78, 5) is 2.29. The Balaban J connectivity index is 1.24. The second kappa shape index (κ2) is 8.37. The van der Waals surface area contributed by atoms with Crippen LogP contribution in [0.4, 0.5) is 17.1 Å². The Kier molecular flexibility index (Phi) is 4.45. The molecule has 0 amide bonds. The molecule has 0 spiro atoms. The maximum atomic E-state index is 6.49. The highest BCUT2D eigenvalue weighted by Crippen LogP contribution is 2.52.